The third kappa shape index (κ3) is 4.12. The van der Waals surface area contributed by atoms with Crippen molar-refractivity contribution in [2.75, 3.05) is 50.1 Å². The van der Waals surface area contributed by atoms with Crippen molar-refractivity contribution in [2.24, 2.45) is 0 Å². The van der Waals surface area contributed by atoms with E-state index in [0.717, 1.165) is 49.4 Å². The lowest BCUT2D eigenvalue weighted by Gasteiger charge is -2.35. The van der Waals surface area contributed by atoms with Crippen LogP contribution in [0.15, 0.2) is 36.4 Å². The van der Waals surface area contributed by atoms with Gasteiger partial charge in [0.05, 0.1) is 0 Å². The van der Waals surface area contributed by atoms with E-state index in [1.807, 2.05) is 43.3 Å². The van der Waals surface area contributed by atoms with Crippen LogP contribution in [0.1, 0.15) is 5.56 Å². The predicted molar refractivity (Wildman–Crippen MR) is 95.3 cm³/mol. The molecule has 2 heterocycles. The smallest absolute Gasteiger partial charge is 0.151 e. The van der Waals surface area contributed by atoms with E-state index in [0.29, 0.717) is 0 Å². The SMILES string of the molecule is CN(C)c1ccc(N2CCN(Cc3cccc(Cl)c3)CC2)nn1. The molecule has 5 nitrogen and oxygen atoms in total. The molecule has 1 aromatic heterocycles. The Labute approximate surface area is 142 Å². The Bertz CT molecular complexity index is 636. The second-order valence-corrected chi connectivity index (χ2v) is 6.47. The van der Waals surface area contributed by atoms with E-state index in [1.165, 1.54) is 5.56 Å². The number of nitrogens with zero attached hydrogens (tertiary/aromatic N) is 5. The summed E-state index contributed by atoms with van der Waals surface area (Å²) in [6.45, 7) is 4.92. The number of benzene rings is 1. The van der Waals surface area contributed by atoms with Crippen molar-refractivity contribution in [3.8, 4) is 0 Å². The Morgan fingerprint density at radius 3 is 2.43 bits per heavy atom. The third-order valence-electron chi connectivity index (χ3n) is 4.09. The van der Waals surface area contributed by atoms with E-state index in [9.17, 15) is 0 Å². The zero-order chi connectivity index (χ0) is 16.2. The van der Waals surface area contributed by atoms with Gasteiger partial charge in [-0.05, 0) is 29.8 Å². The quantitative estimate of drug-likeness (QED) is 0.860. The number of rotatable bonds is 4. The van der Waals surface area contributed by atoms with Crippen LogP contribution in [0.2, 0.25) is 5.02 Å². The van der Waals surface area contributed by atoms with Crippen LogP contribution in [0, 0.1) is 0 Å². The van der Waals surface area contributed by atoms with Gasteiger partial charge in [-0.1, -0.05) is 23.7 Å². The molecule has 6 heteroatoms. The fraction of sp³-hybridized carbons (Fsp3) is 0.412. The molecule has 1 aliphatic rings. The van der Waals surface area contributed by atoms with Gasteiger partial charge in [0, 0.05) is 51.8 Å². The summed E-state index contributed by atoms with van der Waals surface area (Å²) in [6.07, 6.45) is 0. The molecule has 0 N–H and O–H groups in total. The zero-order valence-corrected chi connectivity index (χ0v) is 14.4. The number of hydrogen-bond acceptors (Lipinski definition) is 5. The Balaban J connectivity index is 1.55. The predicted octanol–water partition coefficient (Wildman–Crippen LogP) is 2.52. The van der Waals surface area contributed by atoms with E-state index >= 15 is 0 Å². The fourth-order valence-electron chi connectivity index (χ4n) is 2.75. The van der Waals surface area contributed by atoms with Gasteiger partial charge in [-0.2, -0.15) is 0 Å². The highest BCUT2D eigenvalue weighted by atomic mass is 35.5. The molecule has 0 aliphatic carbocycles. The average molecular weight is 332 g/mol. The van der Waals surface area contributed by atoms with Gasteiger partial charge in [0.2, 0.25) is 0 Å². The molecule has 1 aromatic carbocycles. The minimum absolute atomic E-state index is 0.803. The molecule has 23 heavy (non-hydrogen) atoms. The van der Waals surface area contributed by atoms with Crippen molar-refractivity contribution < 1.29 is 0 Å². The van der Waals surface area contributed by atoms with Crippen molar-refractivity contribution in [1.82, 2.24) is 15.1 Å². The number of halogens is 1. The Morgan fingerprint density at radius 2 is 1.83 bits per heavy atom. The number of anilines is 2. The van der Waals surface area contributed by atoms with Gasteiger partial charge in [-0.15, -0.1) is 10.2 Å². The van der Waals surface area contributed by atoms with Gasteiger partial charge < -0.3 is 9.80 Å². The maximum atomic E-state index is 6.06. The molecule has 0 spiro atoms. The minimum atomic E-state index is 0.803. The maximum Gasteiger partial charge on any atom is 0.151 e. The second-order valence-electron chi connectivity index (χ2n) is 6.04. The van der Waals surface area contributed by atoms with E-state index < -0.39 is 0 Å². The molecular weight excluding hydrogens is 310 g/mol. The van der Waals surface area contributed by atoms with Crippen molar-refractivity contribution in [2.45, 2.75) is 6.54 Å². The topological polar surface area (TPSA) is 35.5 Å². The van der Waals surface area contributed by atoms with Gasteiger partial charge in [0.25, 0.3) is 0 Å². The van der Waals surface area contributed by atoms with Crippen LogP contribution in [0.4, 0.5) is 11.6 Å². The normalized spacial score (nSPS) is 15.7. The summed E-state index contributed by atoms with van der Waals surface area (Å²) >= 11 is 6.06. The lowest BCUT2D eigenvalue weighted by Crippen LogP contribution is -2.46. The van der Waals surface area contributed by atoms with Crippen molar-refractivity contribution >= 4 is 23.2 Å². The van der Waals surface area contributed by atoms with Crippen molar-refractivity contribution in [3.05, 3.63) is 47.0 Å². The van der Waals surface area contributed by atoms with Gasteiger partial charge >= 0.3 is 0 Å². The van der Waals surface area contributed by atoms with Crippen LogP contribution in [0.25, 0.3) is 0 Å². The third-order valence-corrected chi connectivity index (χ3v) is 4.32. The Kier molecular flexibility index (Phi) is 4.98. The molecule has 0 atom stereocenters. The summed E-state index contributed by atoms with van der Waals surface area (Å²) in [5.74, 6) is 1.84. The van der Waals surface area contributed by atoms with Gasteiger partial charge in [0.1, 0.15) is 0 Å². The highest BCUT2D eigenvalue weighted by Gasteiger charge is 2.18. The van der Waals surface area contributed by atoms with Crippen molar-refractivity contribution in [1.29, 1.82) is 0 Å². The summed E-state index contributed by atoms with van der Waals surface area (Å²) in [5.41, 5.74) is 1.26. The summed E-state index contributed by atoms with van der Waals surface area (Å²) in [6, 6.07) is 12.2. The molecule has 0 saturated carbocycles. The highest BCUT2D eigenvalue weighted by molar-refractivity contribution is 6.30. The van der Waals surface area contributed by atoms with Gasteiger partial charge in [-0.25, -0.2) is 0 Å². The van der Waals surface area contributed by atoms with Gasteiger partial charge in [0.15, 0.2) is 11.6 Å². The second kappa shape index (κ2) is 7.15. The standard InChI is InChI=1S/C17H22ClN5/c1-21(2)16-6-7-17(20-19-16)23-10-8-22(9-11-23)13-14-4-3-5-15(18)12-14/h3-7,12H,8-11,13H2,1-2H3. The molecule has 0 radical (unpaired) electrons. The van der Waals surface area contributed by atoms with E-state index in [-0.39, 0.29) is 0 Å². The van der Waals surface area contributed by atoms with Crippen LogP contribution in [-0.4, -0.2) is 55.4 Å². The zero-order valence-electron chi connectivity index (χ0n) is 13.6. The molecule has 1 fully saturated rings. The lowest BCUT2D eigenvalue weighted by molar-refractivity contribution is 0.249. The molecule has 1 aliphatic heterocycles. The summed E-state index contributed by atoms with van der Waals surface area (Å²) < 4.78 is 0. The molecule has 1 saturated heterocycles. The first-order valence-corrected chi connectivity index (χ1v) is 8.22. The minimum Gasteiger partial charge on any atom is -0.361 e. The first kappa shape index (κ1) is 16.0. The molecule has 3 rings (SSSR count). The van der Waals surface area contributed by atoms with E-state index in [2.05, 4.69) is 32.1 Å². The maximum absolute atomic E-state index is 6.06. The van der Waals surface area contributed by atoms with E-state index in [1.54, 1.807) is 0 Å². The van der Waals surface area contributed by atoms with E-state index in [4.69, 9.17) is 11.6 Å². The first-order chi connectivity index (χ1) is 11.1. The van der Waals surface area contributed by atoms with Crippen LogP contribution < -0.4 is 9.80 Å². The van der Waals surface area contributed by atoms with Crippen LogP contribution >= 0.6 is 11.6 Å². The molecule has 0 bridgehead atoms. The molecular formula is C17H22ClN5. The molecule has 2 aromatic rings. The highest BCUT2D eigenvalue weighted by Crippen LogP contribution is 2.17. The average Bonchev–Trinajstić information content (AvgIpc) is 2.56. The Morgan fingerprint density at radius 1 is 1.04 bits per heavy atom. The van der Waals surface area contributed by atoms with Crippen LogP contribution in [0.5, 0.6) is 0 Å². The molecule has 122 valence electrons. The largest absolute Gasteiger partial charge is 0.361 e. The lowest BCUT2D eigenvalue weighted by atomic mass is 10.2. The summed E-state index contributed by atoms with van der Waals surface area (Å²) in [5, 5.41) is 9.40. The van der Waals surface area contributed by atoms with Crippen LogP contribution in [0.3, 0.4) is 0 Å². The summed E-state index contributed by atoms with van der Waals surface area (Å²) in [7, 11) is 3.94. The number of piperazine rings is 1. The molecule has 0 amide bonds. The first-order valence-electron chi connectivity index (χ1n) is 7.84. The van der Waals surface area contributed by atoms with Crippen molar-refractivity contribution in [3.63, 3.8) is 0 Å². The monoisotopic (exact) mass is 331 g/mol. The van der Waals surface area contributed by atoms with Gasteiger partial charge in [-0.3, -0.25) is 4.90 Å². The van der Waals surface area contributed by atoms with Crippen LogP contribution in [-0.2, 0) is 6.54 Å². The Hall–Kier alpha value is -1.85. The molecule has 0 unspecified atom stereocenters. The number of hydrogen-bond donors (Lipinski definition) is 0. The number of aromatic nitrogens is 2. The summed E-state index contributed by atoms with van der Waals surface area (Å²) in [4.78, 5) is 6.70. The fourth-order valence-corrected chi connectivity index (χ4v) is 2.97.